The summed E-state index contributed by atoms with van der Waals surface area (Å²) in [4.78, 5) is 12.7. The summed E-state index contributed by atoms with van der Waals surface area (Å²) < 4.78 is 46.1. The fourth-order valence-corrected chi connectivity index (χ4v) is 3.05. The highest BCUT2D eigenvalue weighted by Crippen LogP contribution is 2.32. The van der Waals surface area contributed by atoms with Crippen LogP contribution in [-0.4, -0.2) is 15.6 Å². The molecule has 1 amide bonds. The van der Waals surface area contributed by atoms with Gasteiger partial charge in [0.2, 0.25) is 0 Å². The van der Waals surface area contributed by atoms with Crippen molar-refractivity contribution in [1.82, 2.24) is 9.72 Å². The Kier molecular flexibility index (Phi) is 5.03. The number of nitrogens with zero attached hydrogens (tertiary/aromatic N) is 2. The van der Waals surface area contributed by atoms with Crippen molar-refractivity contribution in [2.24, 2.45) is 5.73 Å². The highest BCUT2D eigenvalue weighted by atomic mass is 19.4. The summed E-state index contributed by atoms with van der Waals surface area (Å²) in [6.07, 6.45) is -4.54. The van der Waals surface area contributed by atoms with Crippen LogP contribution in [0.25, 0.3) is 5.82 Å². The summed E-state index contributed by atoms with van der Waals surface area (Å²) in [5.74, 6) is 0.615. The van der Waals surface area contributed by atoms with Gasteiger partial charge >= 0.3 is 6.18 Å². The zero-order valence-corrected chi connectivity index (χ0v) is 15.5. The normalized spacial score (nSPS) is 11.7. The number of hydrogen-bond donors (Lipinski definition) is 2. The van der Waals surface area contributed by atoms with Gasteiger partial charge in [-0.25, -0.2) is 0 Å². The Morgan fingerprint density at radius 3 is 2.46 bits per heavy atom. The largest absolute Gasteiger partial charge is 0.416 e. The SMILES string of the molecule is Cc1cc(-n2c(C)cc(C(=O)Nc3cc(CN)cc(C(F)(F)F)c3)c2C)no1. The Morgan fingerprint density at radius 1 is 1.18 bits per heavy atom. The van der Waals surface area contributed by atoms with Crippen molar-refractivity contribution in [3.8, 4) is 5.82 Å². The fourth-order valence-electron chi connectivity index (χ4n) is 3.05. The lowest BCUT2D eigenvalue weighted by Crippen LogP contribution is -2.15. The van der Waals surface area contributed by atoms with Crippen LogP contribution in [0.1, 0.15) is 38.6 Å². The van der Waals surface area contributed by atoms with Gasteiger partial charge in [0.25, 0.3) is 5.91 Å². The van der Waals surface area contributed by atoms with E-state index in [4.69, 9.17) is 10.3 Å². The molecule has 0 atom stereocenters. The second kappa shape index (κ2) is 7.16. The van der Waals surface area contributed by atoms with Crippen LogP contribution in [0.2, 0.25) is 0 Å². The van der Waals surface area contributed by atoms with Crippen molar-refractivity contribution < 1.29 is 22.5 Å². The van der Waals surface area contributed by atoms with E-state index in [1.807, 2.05) is 0 Å². The highest BCUT2D eigenvalue weighted by molar-refractivity contribution is 6.05. The van der Waals surface area contributed by atoms with Crippen molar-refractivity contribution in [3.05, 3.63) is 64.2 Å². The van der Waals surface area contributed by atoms with Gasteiger partial charge in [-0.2, -0.15) is 13.2 Å². The average Bonchev–Trinajstić information content (AvgIpc) is 3.16. The van der Waals surface area contributed by atoms with Gasteiger partial charge in [-0.05, 0) is 50.6 Å². The molecule has 0 aliphatic carbocycles. The summed E-state index contributed by atoms with van der Waals surface area (Å²) in [5, 5.41) is 6.47. The summed E-state index contributed by atoms with van der Waals surface area (Å²) in [5.41, 5.74) is 6.58. The van der Waals surface area contributed by atoms with E-state index >= 15 is 0 Å². The molecule has 6 nitrogen and oxygen atoms in total. The van der Waals surface area contributed by atoms with Crippen LogP contribution >= 0.6 is 0 Å². The van der Waals surface area contributed by atoms with Gasteiger partial charge in [-0.1, -0.05) is 5.16 Å². The zero-order valence-electron chi connectivity index (χ0n) is 15.5. The van der Waals surface area contributed by atoms with Gasteiger partial charge < -0.3 is 15.6 Å². The second-order valence-electron chi connectivity index (χ2n) is 6.49. The van der Waals surface area contributed by atoms with Gasteiger partial charge in [-0.3, -0.25) is 9.36 Å². The van der Waals surface area contributed by atoms with Crippen molar-refractivity contribution in [2.45, 2.75) is 33.5 Å². The molecule has 0 fully saturated rings. The molecule has 0 saturated carbocycles. The van der Waals surface area contributed by atoms with Crippen LogP contribution in [0.4, 0.5) is 18.9 Å². The average molecular weight is 392 g/mol. The van der Waals surface area contributed by atoms with Crippen LogP contribution in [0, 0.1) is 20.8 Å². The lowest BCUT2D eigenvalue weighted by molar-refractivity contribution is -0.137. The summed E-state index contributed by atoms with van der Waals surface area (Å²) in [6, 6.07) is 6.65. The van der Waals surface area contributed by atoms with E-state index in [-0.39, 0.29) is 17.8 Å². The molecular formula is C19H19F3N4O2. The molecule has 0 aliphatic heterocycles. The van der Waals surface area contributed by atoms with E-state index in [1.165, 1.54) is 6.07 Å². The van der Waals surface area contributed by atoms with E-state index in [0.29, 0.717) is 22.8 Å². The van der Waals surface area contributed by atoms with E-state index in [0.717, 1.165) is 17.8 Å². The summed E-state index contributed by atoms with van der Waals surface area (Å²) >= 11 is 0. The number of nitrogens with two attached hydrogens (primary N) is 1. The smallest absolute Gasteiger partial charge is 0.360 e. The van der Waals surface area contributed by atoms with E-state index in [1.54, 1.807) is 37.5 Å². The number of aryl methyl sites for hydroxylation is 2. The maximum absolute atomic E-state index is 13.1. The molecule has 0 radical (unpaired) electrons. The third-order valence-electron chi connectivity index (χ3n) is 4.33. The molecule has 1 aromatic carbocycles. The molecule has 3 N–H and O–H groups in total. The van der Waals surface area contributed by atoms with Crippen LogP contribution in [0.15, 0.2) is 34.9 Å². The van der Waals surface area contributed by atoms with Crippen LogP contribution in [0.5, 0.6) is 0 Å². The summed E-state index contributed by atoms with van der Waals surface area (Å²) in [7, 11) is 0. The number of benzene rings is 1. The van der Waals surface area contributed by atoms with Crippen LogP contribution < -0.4 is 11.1 Å². The second-order valence-corrected chi connectivity index (χ2v) is 6.49. The first-order valence-corrected chi connectivity index (χ1v) is 8.45. The van der Waals surface area contributed by atoms with Gasteiger partial charge in [0, 0.05) is 29.7 Å². The van der Waals surface area contributed by atoms with E-state index < -0.39 is 17.6 Å². The number of halogens is 3. The predicted octanol–water partition coefficient (Wildman–Crippen LogP) is 4.12. The molecule has 0 saturated heterocycles. The third-order valence-corrected chi connectivity index (χ3v) is 4.33. The lowest BCUT2D eigenvalue weighted by atomic mass is 10.1. The Labute approximate surface area is 159 Å². The number of hydrogen-bond acceptors (Lipinski definition) is 4. The fraction of sp³-hybridized carbons (Fsp3) is 0.263. The molecule has 3 rings (SSSR count). The minimum absolute atomic E-state index is 0.0300. The molecular weight excluding hydrogens is 373 g/mol. The Balaban J connectivity index is 1.94. The standard InChI is InChI=1S/C19H19F3N4O2/c1-10-4-16(12(3)26(10)17-5-11(2)28-25-17)18(27)24-15-7-13(9-23)6-14(8-15)19(20,21)22/h4-8H,9,23H2,1-3H3,(H,24,27). The number of aromatic nitrogens is 2. The molecule has 2 heterocycles. The van der Waals surface area contributed by atoms with Crippen molar-refractivity contribution in [1.29, 1.82) is 0 Å². The third kappa shape index (κ3) is 3.79. The lowest BCUT2D eigenvalue weighted by Gasteiger charge is -2.12. The quantitative estimate of drug-likeness (QED) is 0.699. The predicted molar refractivity (Wildman–Crippen MR) is 97.3 cm³/mol. The number of rotatable bonds is 4. The summed E-state index contributed by atoms with van der Waals surface area (Å²) in [6.45, 7) is 5.20. The number of nitrogens with one attached hydrogen (secondary N) is 1. The monoisotopic (exact) mass is 392 g/mol. The minimum Gasteiger partial charge on any atom is -0.360 e. The number of carbonyl (C=O) groups is 1. The van der Waals surface area contributed by atoms with Crippen molar-refractivity contribution >= 4 is 11.6 Å². The molecule has 148 valence electrons. The molecule has 0 bridgehead atoms. The van der Waals surface area contributed by atoms with Crippen molar-refractivity contribution in [2.75, 3.05) is 5.32 Å². The molecule has 0 unspecified atom stereocenters. The van der Waals surface area contributed by atoms with E-state index in [2.05, 4.69) is 10.5 Å². The van der Waals surface area contributed by atoms with Gasteiger partial charge in [-0.15, -0.1) is 0 Å². The first kappa shape index (κ1) is 19.7. The Hall–Kier alpha value is -3.07. The molecule has 3 aromatic rings. The number of alkyl halides is 3. The van der Waals surface area contributed by atoms with Crippen LogP contribution in [0.3, 0.4) is 0 Å². The Morgan fingerprint density at radius 2 is 1.89 bits per heavy atom. The Bertz CT molecular complexity index is 1030. The van der Waals surface area contributed by atoms with Crippen LogP contribution in [-0.2, 0) is 12.7 Å². The maximum Gasteiger partial charge on any atom is 0.416 e. The molecule has 28 heavy (non-hydrogen) atoms. The first-order chi connectivity index (χ1) is 13.1. The van der Waals surface area contributed by atoms with Gasteiger partial charge in [0.05, 0.1) is 11.1 Å². The topological polar surface area (TPSA) is 86.1 Å². The van der Waals surface area contributed by atoms with E-state index in [9.17, 15) is 18.0 Å². The molecule has 0 spiro atoms. The van der Waals surface area contributed by atoms with Crippen molar-refractivity contribution in [3.63, 3.8) is 0 Å². The number of amides is 1. The molecule has 0 aliphatic rings. The zero-order chi connectivity index (χ0) is 20.6. The van der Waals surface area contributed by atoms with Gasteiger partial charge in [0.15, 0.2) is 5.82 Å². The first-order valence-electron chi connectivity index (χ1n) is 8.45. The number of anilines is 1. The van der Waals surface area contributed by atoms with Gasteiger partial charge in [0.1, 0.15) is 5.76 Å². The number of carbonyl (C=O) groups excluding carboxylic acids is 1. The highest BCUT2D eigenvalue weighted by Gasteiger charge is 2.31. The molecule has 9 heteroatoms. The molecule has 2 aromatic heterocycles. The minimum atomic E-state index is -4.54. The maximum atomic E-state index is 13.1.